The van der Waals surface area contributed by atoms with E-state index in [0.717, 1.165) is 30.8 Å². The molecule has 0 heterocycles. The van der Waals surface area contributed by atoms with E-state index in [0.29, 0.717) is 12.8 Å². The lowest BCUT2D eigenvalue weighted by Gasteiger charge is -2.18. The van der Waals surface area contributed by atoms with Crippen molar-refractivity contribution in [1.82, 2.24) is 0 Å². The van der Waals surface area contributed by atoms with Gasteiger partial charge in [-0.1, -0.05) is 49.6 Å². The maximum atomic E-state index is 12.9. The summed E-state index contributed by atoms with van der Waals surface area (Å²) in [5.74, 6) is 0.814. The van der Waals surface area contributed by atoms with E-state index in [4.69, 9.17) is 0 Å². The Balaban J connectivity index is 2.05. The van der Waals surface area contributed by atoms with Crippen molar-refractivity contribution < 1.29 is 13.2 Å². The summed E-state index contributed by atoms with van der Waals surface area (Å²) in [4.78, 5) is 0. The molecule has 2 rings (SSSR count). The second-order valence-corrected chi connectivity index (χ2v) is 6.30. The van der Waals surface area contributed by atoms with Crippen LogP contribution in [0.2, 0.25) is 0 Å². The van der Waals surface area contributed by atoms with Crippen molar-refractivity contribution in [1.29, 1.82) is 0 Å². The van der Waals surface area contributed by atoms with Crippen molar-refractivity contribution in [2.75, 3.05) is 0 Å². The monoisotopic (exact) mass is 310 g/mol. The first-order valence-corrected chi connectivity index (χ1v) is 8.31. The molecule has 0 aromatic heterocycles. The zero-order chi connectivity index (χ0) is 16.0. The van der Waals surface area contributed by atoms with Gasteiger partial charge in [0.15, 0.2) is 0 Å². The summed E-state index contributed by atoms with van der Waals surface area (Å²) in [7, 11) is 0. The van der Waals surface area contributed by atoms with Crippen molar-refractivity contribution in [3.63, 3.8) is 0 Å². The average molecular weight is 310 g/mol. The van der Waals surface area contributed by atoms with Crippen molar-refractivity contribution in [2.45, 2.75) is 64.5 Å². The van der Waals surface area contributed by atoms with Gasteiger partial charge in [0.25, 0.3) is 0 Å². The lowest BCUT2D eigenvalue weighted by Crippen LogP contribution is -2.10. The molecule has 22 heavy (non-hydrogen) atoms. The Labute approximate surface area is 131 Å². The van der Waals surface area contributed by atoms with Crippen LogP contribution in [0.5, 0.6) is 0 Å². The molecule has 0 radical (unpaired) electrons. The zero-order valence-corrected chi connectivity index (χ0v) is 13.3. The molecule has 0 aliphatic heterocycles. The molecular weight excluding hydrogens is 285 g/mol. The molecule has 0 saturated heterocycles. The molecular formula is C19H25F3. The molecule has 1 unspecified atom stereocenters. The summed E-state index contributed by atoms with van der Waals surface area (Å²) in [6.45, 7) is 2.24. The van der Waals surface area contributed by atoms with Crippen LogP contribution in [-0.2, 0) is 0 Å². The SMILES string of the molecule is CCC1CCC=C(CC2=CC(C(F)(F)F)=CCC=C2)CCC1. The van der Waals surface area contributed by atoms with Gasteiger partial charge in [0.2, 0.25) is 0 Å². The van der Waals surface area contributed by atoms with Gasteiger partial charge >= 0.3 is 6.18 Å². The molecule has 0 saturated carbocycles. The molecule has 0 amide bonds. The Morgan fingerprint density at radius 1 is 1.18 bits per heavy atom. The third-order valence-electron chi connectivity index (χ3n) is 4.60. The normalized spacial score (nSPS) is 23.8. The van der Waals surface area contributed by atoms with Crippen LogP contribution in [0.4, 0.5) is 13.2 Å². The molecule has 122 valence electrons. The topological polar surface area (TPSA) is 0 Å². The fraction of sp³-hybridized carbons (Fsp3) is 0.579. The Morgan fingerprint density at radius 3 is 2.73 bits per heavy atom. The Kier molecular flexibility index (Phi) is 6.10. The first-order valence-electron chi connectivity index (χ1n) is 8.31. The molecule has 0 aromatic rings. The standard InChI is InChI=1S/C19H25F3/c1-2-15-8-5-10-16(11-6-9-15)13-17-7-3-4-12-18(14-17)19(20,21)22/h3,7,10,12,14-15H,2,4-6,8-9,11,13H2,1H3. The van der Waals surface area contributed by atoms with Gasteiger partial charge in [0.1, 0.15) is 0 Å². The third kappa shape index (κ3) is 5.19. The Hall–Kier alpha value is -1.25. The van der Waals surface area contributed by atoms with Crippen LogP contribution in [0.3, 0.4) is 0 Å². The van der Waals surface area contributed by atoms with Gasteiger partial charge in [-0.3, -0.25) is 0 Å². The van der Waals surface area contributed by atoms with Gasteiger partial charge in [-0.15, -0.1) is 0 Å². The van der Waals surface area contributed by atoms with Crippen molar-refractivity contribution in [2.24, 2.45) is 5.92 Å². The predicted molar refractivity (Wildman–Crippen MR) is 85.5 cm³/mol. The highest BCUT2D eigenvalue weighted by atomic mass is 19.4. The minimum absolute atomic E-state index is 0.353. The highest BCUT2D eigenvalue weighted by Crippen LogP contribution is 2.32. The van der Waals surface area contributed by atoms with E-state index in [1.54, 1.807) is 0 Å². The number of halogens is 3. The third-order valence-corrected chi connectivity index (χ3v) is 4.60. The number of alkyl halides is 3. The smallest absolute Gasteiger partial charge is 0.166 e. The quantitative estimate of drug-likeness (QED) is 0.511. The summed E-state index contributed by atoms with van der Waals surface area (Å²) in [5, 5.41) is 0. The summed E-state index contributed by atoms with van der Waals surface area (Å²) >= 11 is 0. The van der Waals surface area contributed by atoms with Crippen LogP contribution in [0.25, 0.3) is 0 Å². The molecule has 0 nitrogen and oxygen atoms in total. The molecule has 0 aromatic carbocycles. The molecule has 2 aliphatic rings. The number of hydrogen-bond acceptors (Lipinski definition) is 0. The van der Waals surface area contributed by atoms with Crippen LogP contribution in [0.15, 0.2) is 47.1 Å². The van der Waals surface area contributed by atoms with E-state index in [1.807, 2.05) is 12.2 Å². The fourth-order valence-corrected chi connectivity index (χ4v) is 3.25. The molecule has 1 atom stereocenters. The Morgan fingerprint density at radius 2 is 2.00 bits per heavy atom. The van der Waals surface area contributed by atoms with E-state index >= 15 is 0 Å². The van der Waals surface area contributed by atoms with E-state index in [2.05, 4.69) is 13.0 Å². The van der Waals surface area contributed by atoms with E-state index in [1.165, 1.54) is 37.0 Å². The van der Waals surface area contributed by atoms with Gasteiger partial charge in [-0.2, -0.15) is 13.2 Å². The summed E-state index contributed by atoms with van der Waals surface area (Å²) in [5.41, 5.74) is 1.57. The number of rotatable bonds is 3. The number of allylic oxidation sites excluding steroid dienone is 8. The average Bonchev–Trinajstić information content (AvgIpc) is 2.67. The largest absolute Gasteiger partial charge is 0.416 e. The molecule has 2 aliphatic carbocycles. The highest BCUT2D eigenvalue weighted by molar-refractivity contribution is 5.38. The van der Waals surface area contributed by atoms with Crippen molar-refractivity contribution in [3.05, 3.63) is 47.1 Å². The minimum Gasteiger partial charge on any atom is -0.166 e. The Bertz CT molecular complexity index is 489. The highest BCUT2D eigenvalue weighted by Gasteiger charge is 2.32. The van der Waals surface area contributed by atoms with E-state index in [9.17, 15) is 13.2 Å². The predicted octanol–water partition coefficient (Wildman–Crippen LogP) is 6.67. The molecule has 0 bridgehead atoms. The molecule has 0 N–H and O–H groups in total. The second-order valence-electron chi connectivity index (χ2n) is 6.30. The summed E-state index contributed by atoms with van der Waals surface area (Å²) < 4.78 is 38.8. The minimum atomic E-state index is -4.25. The zero-order valence-electron chi connectivity index (χ0n) is 13.3. The second kappa shape index (κ2) is 7.85. The maximum Gasteiger partial charge on any atom is 0.416 e. The number of hydrogen-bond donors (Lipinski definition) is 0. The van der Waals surface area contributed by atoms with E-state index in [-0.39, 0.29) is 0 Å². The van der Waals surface area contributed by atoms with Crippen LogP contribution in [0.1, 0.15) is 58.3 Å². The van der Waals surface area contributed by atoms with Gasteiger partial charge in [0, 0.05) is 0 Å². The van der Waals surface area contributed by atoms with Crippen LogP contribution < -0.4 is 0 Å². The lowest BCUT2D eigenvalue weighted by molar-refractivity contribution is -0.0884. The molecule has 0 fully saturated rings. The van der Waals surface area contributed by atoms with Gasteiger partial charge in [-0.25, -0.2) is 0 Å². The van der Waals surface area contributed by atoms with Gasteiger partial charge in [0.05, 0.1) is 5.57 Å². The van der Waals surface area contributed by atoms with Gasteiger partial charge in [-0.05, 0) is 56.1 Å². The summed E-state index contributed by atoms with van der Waals surface area (Å²) in [6.07, 6.45) is 12.2. The molecule has 3 heteroatoms. The fourth-order valence-electron chi connectivity index (χ4n) is 3.25. The van der Waals surface area contributed by atoms with Crippen molar-refractivity contribution >= 4 is 0 Å². The van der Waals surface area contributed by atoms with Crippen molar-refractivity contribution in [3.8, 4) is 0 Å². The van der Waals surface area contributed by atoms with Gasteiger partial charge < -0.3 is 0 Å². The lowest BCUT2D eigenvalue weighted by atomic mass is 9.88. The first kappa shape index (κ1) is 17.1. The van der Waals surface area contributed by atoms with Crippen LogP contribution in [0, 0.1) is 5.92 Å². The molecule has 0 spiro atoms. The van der Waals surface area contributed by atoms with Crippen LogP contribution in [-0.4, -0.2) is 6.18 Å². The van der Waals surface area contributed by atoms with E-state index < -0.39 is 11.7 Å². The maximum absolute atomic E-state index is 12.9. The summed E-state index contributed by atoms with van der Waals surface area (Å²) in [6, 6.07) is 0. The first-order chi connectivity index (χ1) is 10.5. The van der Waals surface area contributed by atoms with Crippen LogP contribution >= 0.6 is 0 Å².